The number of carbonyl (C=O) groups is 1. The minimum absolute atomic E-state index is 0.0582. The number of phenolic OH excluding ortho intramolecular Hbond substituents is 1. The minimum atomic E-state index is -0.250. The normalized spacial score (nSPS) is 10.5. The smallest absolute Gasteiger partial charge is 0.306 e. The molecule has 1 N–H and O–H groups in total. The van der Waals surface area contributed by atoms with Crippen LogP contribution >= 0.6 is 0 Å². The van der Waals surface area contributed by atoms with Gasteiger partial charge in [0.1, 0.15) is 18.4 Å². The number of aryl methyl sites for hydroxylation is 1. The first kappa shape index (κ1) is 19.3. The Morgan fingerprint density at radius 2 is 1.79 bits per heavy atom. The third-order valence-corrected chi connectivity index (χ3v) is 4.24. The summed E-state index contributed by atoms with van der Waals surface area (Å²) >= 11 is 0. The van der Waals surface area contributed by atoms with Crippen molar-refractivity contribution in [1.29, 1.82) is 0 Å². The first-order chi connectivity index (χ1) is 13.6. The van der Waals surface area contributed by atoms with Gasteiger partial charge in [-0.1, -0.05) is 6.07 Å². The molecule has 0 saturated heterocycles. The molecule has 0 radical (unpaired) electrons. The lowest BCUT2D eigenvalue weighted by molar-refractivity contribution is -0.143. The number of rotatable bonds is 7. The van der Waals surface area contributed by atoms with Gasteiger partial charge in [0.05, 0.1) is 6.61 Å². The molecule has 7 heteroatoms. The van der Waals surface area contributed by atoms with Crippen molar-refractivity contribution >= 4 is 5.97 Å². The molecule has 0 amide bonds. The van der Waals surface area contributed by atoms with Gasteiger partial charge in [-0.2, -0.15) is 0 Å². The van der Waals surface area contributed by atoms with Gasteiger partial charge < -0.3 is 14.6 Å². The third kappa shape index (κ3) is 4.62. The monoisotopic (exact) mass is 379 g/mol. The maximum atomic E-state index is 11.5. The lowest BCUT2D eigenvalue weighted by Gasteiger charge is -2.13. The van der Waals surface area contributed by atoms with Crippen molar-refractivity contribution in [3.05, 3.63) is 60.2 Å². The number of aromatic hydroxyl groups is 1. The van der Waals surface area contributed by atoms with Gasteiger partial charge in [-0.05, 0) is 61.7 Å². The number of ether oxygens (including phenoxy) is 2. The summed E-state index contributed by atoms with van der Waals surface area (Å²) < 4.78 is 10.7. The van der Waals surface area contributed by atoms with Gasteiger partial charge in [-0.15, -0.1) is 0 Å². The molecule has 3 rings (SSSR count). The van der Waals surface area contributed by atoms with Crippen LogP contribution in [0.3, 0.4) is 0 Å². The number of phenols is 1. The zero-order valence-electron chi connectivity index (χ0n) is 15.8. The minimum Gasteiger partial charge on any atom is -0.504 e. The molecule has 0 fully saturated rings. The van der Waals surface area contributed by atoms with E-state index in [2.05, 4.69) is 15.0 Å². The van der Waals surface area contributed by atoms with E-state index in [1.165, 1.54) is 12.7 Å². The van der Waals surface area contributed by atoms with Crippen molar-refractivity contribution in [2.24, 2.45) is 0 Å². The molecule has 0 spiro atoms. The molecule has 3 aromatic rings. The summed E-state index contributed by atoms with van der Waals surface area (Å²) in [7, 11) is 0. The van der Waals surface area contributed by atoms with Crippen LogP contribution in [-0.2, 0) is 16.0 Å². The molecule has 144 valence electrons. The summed E-state index contributed by atoms with van der Waals surface area (Å²) in [6.45, 7) is 3.94. The highest BCUT2D eigenvalue weighted by Gasteiger charge is 2.13. The van der Waals surface area contributed by atoms with Gasteiger partial charge in [-0.25, -0.2) is 15.0 Å². The van der Waals surface area contributed by atoms with Crippen molar-refractivity contribution in [3.8, 4) is 28.6 Å². The Balaban J connectivity index is 1.70. The maximum absolute atomic E-state index is 11.5. The first-order valence-corrected chi connectivity index (χ1v) is 8.96. The molecule has 0 saturated carbocycles. The SMILES string of the molecule is CCOC(=O)CCc1ccc(Oc2ccc(-c3ncncn3)cc2)c(O)c1C. The van der Waals surface area contributed by atoms with Crippen LogP contribution in [0.4, 0.5) is 0 Å². The summed E-state index contributed by atoms with van der Waals surface area (Å²) in [5, 5.41) is 10.5. The van der Waals surface area contributed by atoms with Gasteiger partial charge in [0.25, 0.3) is 0 Å². The fraction of sp³-hybridized carbons (Fsp3) is 0.238. The maximum Gasteiger partial charge on any atom is 0.306 e. The van der Waals surface area contributed by atoms with Crippen LogP contribution in [-0.4, -0.2) is 32.6 Å². The molecule has 0 aliphatic carbocycles. The number of hydrogen-bond donors (Lipinski definition) is 1. The predicted octanol–water partition coefficient (Wildman–Crippen LogP) is 3.84. The Bertz CT molecular complexity index is 944. The second-order valence-corrected chi connectivity index (χ2v) is 6.09. The average molecular weight is 379 g/mol. The van der Waals surface area contributed by atoms with Crippen molar-refractivity contribution in [1.82, 2.24) is 15.0 Å². The van der Waals surface area contributed by atoms with Gasteiger partial charge in [0.2, 0.25) is 0 Å². The van der Waals surface area contributed by atoms with Crippen molar-refractivity contribution < 1.29 is 19.4 Å². The standard InChI is InChI=1S/C21H21N3O4/c1-3-27-19(25)11-7-15-6-10-18(20(26)14(15)2)28-17-8-4-16(5-9-17)21-23-12-22-13-24-21/h4-6,8-10,12-13,26H,3,7,11H2,1-2H3. The molecule has 0 atom stereocenters. The predicted molar refractivity (Wildman–Crippen MR) is 103 cm³/mol. The largest absolute Gasteiger partial charge is 0.504 e. The van der Waals surface area contributed by atoms with Crippen LogP contribution in [0.1, 0.15) is 24.5 Å². The molecule has 0 aliphatic rings. The zero-order valence-corrected chi connectivity index (χ0v) is 15.8. The summed E-state index contributed by atoms with van der Waals surface area (Å²) in [5.41, 5.74) is 2.40. The van der Waals surface area contributed by atoms with Gasteiger partial charge >= 0.3 is 5.97 Å². The van der Waals surface area contributed by atoms with E-state index in [-0.39, 0.29) is 18.1 Å². The molecule has 0 unspecified atom stereocenters. The Morgan fingerprint density at radius 1 is 1.07 bits per heavy atom. The topological polar surface area (TPSA) is 94.4 Å². The van der Waals surface area contributed by atoms with E-state index in [1.807, 2.05) is 18.2 Å². The van der Waals surface area contributed by atoms with Crippen LogP contribution in [0.25, 0.3) is 11.4 Å². The highest BCUT2D eigenvalue weighted by atomic mass is 16.5. The van der Waals surface area contributed by atoms with Gasteiger partial charge in [0, 0.05) is 12.0 Å². The summed E-state index contributed by atoms with van der Waals surface area (Å²) in [6.07, 6.45) is 3.65. The number of hydrogen-bond acceptors (Lipinski definition) is 7. The molecule has 7 nitrogen and oxygen atoms in total. The zero-order chi connectivity index (χ0) is 19.9. The highest BCUT2D eigenvalue weighted by Crippen LogP contribution is 2.36. The van der Waals surface area contributed by atoms with E-state index in [4.69, 9.17) is 9.47 Å². The number of esters is 1. The summed E-state index contributed by atoms with van der Waals surface area (Å²) in [4.78, 5) is 23.5. The van der Waals surface area contributed by atoms with Crippen LogP contribution in [0.5, 0.6) is 17.2 Å². The number of nitrogens with zero attached hydrogens (tertiary/aromatic N) is 3. The average Bonchev–Trinajstić information content (AvgIpc) is 2.72. The molecule has 1 heterocycles. The van der Waals surface area contributed by atoms with Crippen LogP contribution in [0.15, 0.2) is 49.1 Å². The quantitative estimate of drug-likeness (QED) is 0.623. The second kappa shape index (κ2) is 8.94. The second-order valence-electron chi connectivity index (χ2n) is 6.09. The Hall–Kier alpha value is -3.48. The first-order valence-electron chi connectivity index (χ1n) is 8.96. The van der Waals surface area contributed by atoms with Crippen molar-refractivity contribution in [3.63, 3.8) is 0 Å². The number of aromatic nitrogens is 3. The molecule has 2 aromatic carbocycles. The van der Waals surface area contributed by atoms with Crippen LogP contribution in [0, 0.1) is 6.92 Å². The van der Waals surface area contributed by atoms with Crippen molar-refractivity contribution in [2.45, 2.75) is 26.7 Å². The van der Waals surface area contributed by atoms with E-state index in [0.29, 0.717) is 35.9 Å². The van der Waals surface area contributed by atoms with Crippen LogP contribution in [0.2, 0.25) is 0 Å². The van der Waals surface area contributed by atoms with Crippen LogP contribution < -0.4 is 4.74 Å². The van der Waals surface area contributed by atoms with E-state index < -0.39 is 0 Å². The van der Waals surface area contributed by atoms with Crippen molar-refractivity contribution in [2.75, 3.05) is 6.61 Å². The number of benzene rings is 2. The molecular formula is C21H21N3O4. The molecule has 28 heavy (non-hydrogen) atoms. The van der Waals surface area contributed by atoms with E-state index in [9.17, 15) is 9.90 Å². The lowest BCUT2D eigenvalue weighted by atomic mass is 10.0. The van der Waals surface area contributed by atoms with Gasteiger partial charge in [-0.3, -0.25) is 4.79 Å². The fourth-order valence-electron chi connectivity index (χ4n) is 2.73. The van der Waals surface area contributed by atoms with E-state index in [0.717, 1.165) is 11.1 Å². The lowest BCUT2D eigenvalue weighted by Crippen LogP contribution is -2.05. The highest BCUT2D eigenvalue weighted by molar-refractivity contribution is 5.70. The van der Waals surface area contributed by atoms with E-state index in [1.54, 1.807) is 32.0 Å². The molecular weight excluding hydrogens is 358 g/mol. The molecule has 0 bridgehead atoms. The van der Waals surface area contributed by atoms with Gasteiger partial charge in [0.15, 0.2) is 17.3 Å². The fourth-order valence-corrected chi connectivity index (χ4v) is 2.73. The summed E-state index contributed by atoms with van der Waals surface area (Å²) in [5.74, 6) is 1.31. The Labute approximate surface area is 163 Å². The van der Waals surface area contributed by atoms with E-state index >= 15 is 0 Å². The third-order valence-electron chi connectivity index (χ3n) is 4.24. The summed E-state index contributed by atoms with van der Waals surface area (Å²) in [6, 6.07) is 10.8. The Kier molecular flexibility index (Phi) is 6.16. The molecule has 0 aliphatic heterocycles. The number of carbonyl (C=O) groups excluding carboxylic acids is 1. The molecule has 1 aromatic heterocycles. The Morgan fingerprint density at radius 3 is 2.46 bits per heavy atom.